The summed E-state index contributed by atoms with van der Waals surface area (Å²) in [6.45, 7) is 1.27. The van der Waals surface area contributed by atoms with Crippen molar-refractivity contribution < 1.29 is 5.11 Å². The molecule has 0 aliphatic carbocycles. The maximum Gasteiger partial charge on any atom is 0.124 e. The van der Waals surface area contributed by atoms with Gasteiger partial charge in [0.1, 0.15) is 5.75 Å². The fraction of sp³-hybridized carbons (Fsp3) is 0.333. The molecule has 0 saturated heterocycles. The van der Waals surface area contributed by atoms with Gasteiger partial charge in [-0.1, -0.05) is 11.6 Å². The van der Waals surface area contributed by atoms with Gasteiger partial charge in [-0.2, -0.15) is 10.2 Å². The fourth-order valence-corrected chi connectivity index (χ4v) is 2.47. The zero-order chi connectivity index (χ0) is 17.7. The summed E-state index contributed by atoms with van der Waals surface area (Å²) < 4.78 is 0. The summed E-state index contributed by atoms with van der Waals surface area (Å²) in [6, 6.07) is 10.9. The van der Waals surface area contributed by atoms with Crippen LogP contribution in [0.15, 0.2) is 46.6 Å². The molecule has 0 aromatic heterocycles. The number of hydrogen-bond acceptors (Lipinski definition) is 5. The van der Waals surface area contributed by atoms with Crippen molar-refractivity contribution in [3.05, 3.63) is 52.5 Å². The first-order valence-corrected chi connectivity index (χ1v) is 8.04. The molecule has 6 heteroatoms. The topological polar surface area (TPSA) is 51.4 Å². The van der Waals surface area contributed by atoms with Gasteiger partial charge in [-0.3, -0.25) is 0 Å². The Bertz CT molecular complexity index is 680. The van der Waals surface area contributed by atoms with E-state index in [0.717, 1.165) is 22.5 Å². The lowest BCUT2D eigenvalue weighted by atomic mass is 10.1. The molecule has 5 nitrogen and oxygen atoms in total. The first-order valence-electron chi connectivity index (χ1n) is 7.66. The number of nitrogens with zero attached hydrogens (tertiary/aromatic N) is 4. The number of halogens is 1. The Balaban J connectivity index is 2.35. The molecule has 2 aromatic rings. The van der Waals surface area contributed by atoms with Crippen LogP contribution in [-0.2, 0) is 13.1 Å². The highest BCUT2D eigenvalue weighted by atomic mass is 35.5. The number of aromatic hydroxyl groups is 1. The Kier molecular flexibility index (Phi) is 6.31. The zero-order valence-corrected chi connectivity index (χ0v) is 15.2. The fourth-order valence-electron chi connectivity index (χ4n) is 2.35. The minimum absolute atomic E-state index is 0.322. The van der Waals surface area contributed by atoms with Gasteiger partial charge in [-0.15, -0.1) is 0 Å². The van der Waals surface area contributed by atoms with Crippen molar-refractivity contribution >= 4 is 23.0 Å². The second kappa shape index (κ2) is 8.24. The molecule has 1 N–H and O–H groups in total. The van der Waals surface area contributed by atoms with Crippen molar-refractivity contribution in [2.24, 2.45) is 10.2 Å². The Morgan fingerprint density at radius 3 is 1.75 bits per heavy atom. The van der Waals surface area contributed by atoms with E-state index in [2.05, 4.69) is 10.2 Å². The molecular formula is C18H23ClN4O. The highest BCUT2D eigenvalue weighted by Crippen LogP contribution is 2.31. The van der Waals surface area contributed by atoms with Gasteiger partial charge in [0.25, 0.3) is 0 Å². The number of hydrogen-bond donors (Lipinski definition) is 1. The molecule has 0 unspecified atom stereocenters. The smallest absolute Gasteiger partial charge is 0.124 e. The summed E-state index contributed by atoms with van der Waals surface area (Å²) in [7, 11) is 7.86. The predicted molar refractivity (Wildman–Crippen MR) is 98.5 cm³/mol. The van der Waals surface area contributed by atoms with Crippen molar-refractivity contribution in [2.75, 3.05) is 28.2 Å². The number of azo groups is 1. The van der Waals surface area contributed by atoms with Crippen LogP contribution in [0.3, 0.4) is 0 Å². The van der Waals surface area contributed by atoms with Crippen LogP contribution >= 0.6 is 11.6 Å². The molecule has 0 atom stereocenters. The molecule has 0 spiro atoms. The van der Waals surface area contributed by atoms with Gasteiger partial charge >= 0.3 is 0 Å². The Hall–Kier alpha value is -1.95. The third-order valence-electron chi connectivity index (χ3n) is 3.33. The lowest BCUT2D eigenvalue weighted by molar-refractivity contribution is 0.368. The Morgan fingerprint density at radius 2 is 1.29 bits per heavy atom. The van der Waals surface area contributed by atoms with Crippen molar-refractivity contribution in [3.8, 4) is 5.75 Å². The lowest BCUT2D eigenvalue weighted by Crippen LogP contribution is -2.13. The van der Waals surface area contributed by atoms with Crippen LogP contribution in [0.1, 0.15) is 11.1 Å². The van der Waals surface area contributed by atoms with Gasteiger partial charge in [0.15, 0.2) is 0 Å². The second-order valence-corrected chi connectivity index (χ2v) is 6.70. The molecule has 2 rings (SSSR count). The molecule has 0 aliphatic heterocycles. The van der Waals surface area contributed by atoms with Crippen LogP contribution in [0.4, 0.5) is 11.4 Å². The van der Waals surface area contributed by atoms with E-state index in [4.69, 9.17) is 11.6 Å². The van der Waals surface area contributed by atoms with Gasteiger partial charge in [-0.05, 0) is 64.6 Å². The maximum absolute atomic E-state index is 10.5. The predicted octanol–water partition coefficient (Wildman–Crippen LogP) is 4.58. The van der Waals surface area contributed by atoms with Crippen molar-refractivity contribution in [1.29, 1.82) is 0 Å². The monoisotopic (exact) mass is 346 g/mol. The average molecular weight is 347 g/mol. The normalized spacial score (nSPS) is 11.8. The standard InChI is InChI=1S/C18H23ClN4O/c1-22(2)11-13-9-17(10-14(18(13)24)12-23(3)4)21-20-16-7-5-15(19)6-8-16/h5-10,24H,11-12H2,1-4H3. The van der Waals surface area contributed by atoms with Gasteiger partial charge in [0.2, 0.25) is 0 Å². The average Bonchev–Trinajstić information content (AvgIpc) is 2.50. The molecule has 0 radical (unpaired) electrons. The SMILES string of the molecule is CN(C)Cc1cc(N=Nc2ccc(Cl)cc2)cc(CN(C)C)c1O. The second-order valence-electron chi connectivity index (χ2n) is 6.26. The lowest BCUT2D eigenvalue weighted by Gasteiger charge is -2.17. The number of benzene rings is 2. The summed E-state index contributed by atoms with van der Waals surface area (Å²) in [5.74, 6) is 0.322. The molecule has 0 bridgehead atoms. The maximum atomic E-state index is 10.5. The summed E-state index contributed by atoms with van der Waals surface area (Å²) in [5, 5.41) is 19.7. The Labute approximate surface area is 148 Å². The van der Waals surface area contributed by atoms with E-state index in [1.165, 1.54) is 0 Å². The summed E-state index contributed by atoms with van der Waals surface area (Å²) in [5.41, 5.74) is 3.13. The first-order chi connectivity index (χ1) is 11.3. The van der Waals surface area contributed by atoms with Crippen molar-refractivity contribution in [2.45, 2.75) is 13.1 Å². The van der Waals surface area contributed by atoms with E-state index in [1.54, 1.807) is 12.1 Å². The van der Waals surface area contributed by atoms with E-state index in [0.29, 0.717) is 23.9 Å². The van der Waals surface area contributed by atoms with E-state index >= 15 is 0 Å². The third kappa shape index (κ3) is 5.30. The minimum atomic E-state index is 0.322. The molecule has 24 heavy (non-hydrogen) atoms. The Morgan fingerprint density at radius 1 is 0.833 bits per heavy atom. The minimum Gasteiger partial charge on any atom is -0.507 e. The van der Waals surface area contributed by atoms with Crippen LogP contribution in [-0.4, -0.2) is 43.1 Å². The van der Waals surface area contributed by atoms with Gasteiger partial charge in [0.05, 0.1) is 11.4 Å². The number of phenols is 1. The molecule has 0 saturated carbocycles. The van der Waals surface area contributed by atoms with E-state index in [1.807, 2.05) is 62.3 Å². The molecule has 2 aromatic carbocycles. The highest BCUT2D eigenvalue weighted by molar-refractivity contribution is 6.30. The molecule has 128 valence electrons. The number of phenolic OH excluding ortho intramolecular Hbond substituents is 1. The van der Waals surface area contributed by atoms with Crippen molar-refractivity contribution in [3.63, 3.8) is 0 Å². The van der Waals surface area contributed by atoms with E-state index in [-0.39, 0.29) is 0 Å². The van der Waals surface area contributed by atoms with Crippen molar-refractivity contribution in [1.82, 2.24) is 9.80 Å². The molecule has 0 heterocycles. The molecular weight excluding hydrogens is 324 g/mol. The molecule has 0 amide bonds. The zero-order valence-electron chi connectivity index (χ0n) is 14.5. The number of rotatable bonds is 6. The third-order valence-corrected chi connectivity index (χ3v) is 3.59. The van der Waals surface area contributed by atoms with Crippen LogP contribution in [0, 0.1) is 0 Å². The van der Waals surface area contributed by atoms with Crippen LogP contribution in [0.25, 0.3) is 0 Å². The van der Waals surface area contributed by atoms with Gasteiger partial charge < -0.3 is 14.9 Å². The largest absolute Gasteiger partial charge is 0.507 e. The van der Waals surface area contributed by atoms with Crippen LogP contribution < -0.4 is 0 Å². The summed E-state index contributed by atoms with van der Waals surface area (Å²) >= 11 is 5.88. The quantitative estimate of drug-likeness (QED) is 0.778. The molecule has 0 aliphatic rings. The molecule has 0 fully saturated rings. The highest BCUT2D eigenvalue weighted by Gasteiger charge is 2.12. The van der Waals surface area contributed by atoms with Crippen LogP contribution in [0.5, 0.6) is 5.75 Å². The van der Waals surface area contributed by atoms with Gasteiger partial charge in [-0.25, -0.2) is 0 Å². The van der Waals surface area contributed by atoms with E-state index < -0.39 is 0 Å². The summed E-state index contributed by atoms with van der Waals surface area (Å²) in [6.07, 6.45) is 0. The summed E-state index contributed by atoms with van der Waals surface area (Å²) in [4.78, 5) is 4.02. The van der Waals surface area contributed by atoms with E-state index in [9.17, 15) is 5.11 Å². The first kappa shape index (κ1) is 18.4. The van der Waals surface area contributed by atoms with Crippen LogP contribution in [0.2, 0.25) is 5.02 Å². The van der Waals surface area contributed by atoms with Gasteiger partial charge in [0, 0.05) is 29.2 Å².